The summed E-state index contributed by atoms with van der Waals surface area (Å²) in [6.45, 7) is 1.87. The summed E-state index contributed by atoms with van der Waals surface area (Å²) in [5, 5.41) is 16.3. The Morgan fingerprint density at radius 3 is 2.70 bits per heavy atom. The highest BCUT2D eigenvalue weighted by Crippen LogP contribution is 2.36. The fraction of sp³-hybridized carbons (Fsp3) is 0.150. The second-order valence-electron chi connectivity index (χ2n) is 6.67. The van der Waals surface area contributed by atoms with Gasteiger partial charge in [-0.25, -0.2) is 0 Å². The van der Waals surface area contributed by atoms with Crippen LogP contribution in [0.3, 0.4) is 0 Å². The molecular formula is C20H16N4O3. The molecule has 7 heteroatoms. The van der Waals surface area contributed by atoms with Gasteiger partial charge in [-0.1, -0.05) is 30.4 Å². The molecule has 3 aromatic rings. The number of pyridine rings is 1. The Kier molecular flexibility index (Phi) is 3.92. The summed E-state index contributed by atoms with van der Waals surface area (Å²) in [4.78, 5) is 28.2. The second kappa shape index (κ2) is 6.28. The number of hydrogen-bond acceptors (Lipinski definition) is 5. The Hall–Kier alpha value is -3.61. The normalized spacial score (nSPS) is 19.1. The molecule has 134 valence electrons. The number of para-hydroxylation sites is 1. The lowest BCUT2D eigenvalue weighted by molar-refractivity contribution is -0.429. The van der Waals surface area contributed by atoms with Crippen molar-refractivity contribution in [3.63, 3.8) is 0 Å². The van der Waals surface area contributed by atoms with Crippen LogP contribution in [0.2, 0.25) is 0 Å². The van der Waals surface area contributed by atoms with Crippen molar-refractivity contribution in [2.24, 2.45) is 0 Å². The molecule has 0 spiro atoms. The van der Waals surface area contributed by atoms with Gasteiger partial charge in [0.15, 0.2) is 0 Å². The first-order valence-electron chi connectivity index (χ1n) is 8.46. The minimum absolute atomic E-state index is 0.100. The van der Waals surface area contributed by atoms with Gasteiger partial charge in [0.2, 0.25) is 5.70 Å². The van der Waals surface area contributed by atoms with E-state index < -0.39 is 5.41 Å². The standard InChI is InChI=1S/C20H16N4O3/c1-20(11-5-9-15(13-20)24(26)27)18-17-16(10-6-12-21-17)19(25)23(22-18)14-7-3-2-4-8-14/h2-12H,13H2,1H3. The second-order valence-corrected chi connectivity index (χ2v) is 6.67. The maximum absolute atomic E-state index is 13.0. The molecule has 1 unspecified atom stereocenters. The first kappa shape index (κ1) is 16.8. The van der Waals surface area contributed by atoms with Crippen molar-refractivity contribution in [2.75, 3.05) is 0 Å². The van der Waals surface area contributed by atoms with Crippen LogP contribution in [0.25, 0.3) is 16.6 Å². The lowest BCUT2D eigenvalue weighted by Gasteiger charge is -2.27. The zero-order chi connectivity index (χ0) is 19.0. The Morgan fingerprint density at radius 1 is 1.19 bits per heavy atom. The Morgan fingerprint density at radius 2 is 1.96 bits per heavy atom. The van der Waals surface area contributed by atoms with Crippen LogP contribution in [0.4, 0.5) is 0 Å². The van der Waals surface area contributed by atoms with Gasteiger partial charge in [-0.05, 0) is 31.2 Å². The molecule has 7 nitrogen and oxygen atoms in total. The van der Waals surface area contributed by atoms with Crippen molar-refractivity contribution in [2.45, 2.75) is 18.8 Å². The van der Waals surface area contributed by atoms with Crippen molar-refractivity contribution >= 4 is 10.9 Å². The molecule has 4 rings (SSSR count). The summed E-state index contributed by atoms with van der Waals surface area (Å²) in [6.07, 6.45) is 6.79. The maximum Gasteiger partial charge on any atom is 0.280 e. The van der Waals surface area contributed by atoms with Crippen molar-refractivity contribution in [3.05, 3.63) is 98.7 Å². The SMILES string of the molecule is CC1(c2nn(-c3ccccc3)c(=O)c3cccnc23)C=CC=C([N+](=O)[O-])C1. The number of hydrogen-bond donors (Lipinski definition) is 0. The van der Waals surface area contributed by atoms with Gasteiger partial charge >= 0.3 is 0 Å². The zero-order valence-electron chi connectivity index (χ0n) is 14.6. The zero-order valence-corrected chi connectivity index (χ0v) is 14.6. The minimum atomic E-state index is -0.756. The first-order valence-corrected chi connectivity index (χ1v) is 8.46. The van der Waals surface area contributed by atoms with Crippen LogP contribution in [0.5, 0.6) is 0 Å². The van der Waals surface area contributed by atoms with E-state index in [4.69, 9.17) is 0 Å². The average molecular weight is 360 g/mol. The minimum Gasteiger partial charge on any atom is -0.267 e. The smallest absolute Gasteiger partial charge is 0.267 e. The topological polar surface area (TPSA) is 90.9 Å². The van der Waals surface area contributed by atoms with E-state index in [2.05, 4.69) is 10.1 Å². The van der Waals surface area contributed by atoms with E-state index in [1.165, 1.54) is 10.8 Å². The van der Waals surface area contributed by atoms with Crippen molar-refractivity contribution in [3.8, 4) is 5.69 Å². The molecule has 0 fully saturated rings. The van der Waals surface area contributed by atoms with E-state index in [1.54, 1.807) is 36.5 Å². The molecule has 0 saturated heterocycles. The highest BCUT2D eigenvalue weighted by Gasteiger charge is 2.36. The van der Waals surface area contributed by atoms with Gasteiger partial charge in [0.1, 0.15) is 0 Å². The van der Waals surface area contributed by atoms with E-state index in [0.29, 0.717) is 22.3 Å². The molecule has 1 aliphatic rings. The fourth-order valence-electron chi connectivity index (χ4n) is 3.36. The molecule has 1 aromatic carbocycles. The molecule has 2 aromatic heterocycles. The van der Waals surface area contributed by atoms with Crippen LogP contribution in [-0.4, -0.2) is 19.7 Å². The first-order chi connectivity index (χ1) is 13.0. The molecule has 0 aliphatic heterocycles. The van der Waals surface area contributed by atoms with Gasteiger partial charge in [0.25, 0.3) is 5.56 Å². The van der Waals surface area contributed by atoms with Gasteiger partial charge < -0.3 is 0 Å². The molecule has 0 amide bonds. The van der Waals surface area contributed by atoms with Crippen LogP contribution in [0.15, 0.2) is 77.4 Å². The average Bonchev–Trinajstić information content (AvgIpc) is 2.69. The van der Waals surface area contributed by atoms with Crippen LogP contribution >= 0.6 is 0 Å². The lowest BCUT2D eigenvalue weighted by Crippen LogP contribution is -2.31. The monoisotopic (exact) mass is 360 g/mol. The third-order valence-electron chi connectivity index (χ3n) is 4.73. The van der Waals surface area contributed by atoms with E-state index in [9.17, 15) is 14.9 Å². The van der Waals surface area contributed by atoms with Crippen LogP contribution in [-0.2, 0) is 5.41 Å². The van der Waals surface area contributed by atoms with Crippen molar-refractivity contribution < 1.29 is 4.92 Å². The molecule has 1 aliphatic carbocycles. The van der Waals surface area contributed by atoms with Crippen molar-refractivity contribution in [1.29, 1.82) is 0 Å². The number of rotatable bonds is 3. The van der Waals surface area contributed by atoms with Crippen LogP contribution in [0, 0.1) is 10.1 Å². The van der Waals surface area contributed by atoms with Gasteiger partial charge in [0, 0.05) is 17.7 Å². The van der Waals surface area contributed by atoms with E-state index >= 15 is 0 Å². The Labute approximate surface area is 154 Å². The highest BCUT2D eigenvalue weighted by molar-refractivity contribution is 5.81. The molecule has 0 radical (unpaired) electrons. The predicted molar refractivity (Wildman–Crippen MR) is 101 cm³/mol. The third-order valence-corrected chi connectivity index (χ3v) is 4.73. The van der Waals surface area contributed by atoms with E-state index in [1.807, 2.05) is 31.2 Å². The number of fused-ring (bicyclic) bond motifs is 1. The van der Waals surface area contributed by atoms with Gasteiger partial charge in [-0.15, -0.1) is 0 Å². The van der Waals surface area contributed by atoms with Gasteiger partial charge in [-0.3, -0.25) is 19.9 Å². The summed E-state index contributed by atoms with van der Waals surface area (Å²) < 4.78 is 1.34. The maximum atomic E-state index is 13.0. The van der Waals surface area contributed by atoms with E-state index in [0.717, 1.165) is 0 Å². The summed E-state index contributed by atoms with van der Waals surface area (Å²) >= 11 is 0. The number of aromatic nitrogens is 3. The van der Waals surface area contributed by atoms with Crippen LogP contribution in [0.1, 0.15) is 19.0 Å². The molecule has 2 heterocycles. The lowest BCUT2D eigenvalue weighted by atomic mass is 9.78. The number of benzene rings is 1. The van der Waals surface area contributed by atoms with Gasteiger partial charge in [0.05, 0.1) is 33.6 Å². The summed E-state index contributed by atoms with van der Waals surface area (Å²) in [5.74, 6) is 0. The van der Waals surface area contributed by atoms with Crippen molar-refractivity contribution in [1.82, 2.24) is 14.8 Å². The van der Waals surface area contributed by atoms with E-state index in [-0.39, 0.29) is 22.6 Å². The number of nitrogens with zero attached hydrogens (tertiary/aromatic N) is 4. The highest BCUT2D eigenvalue weighted by atomic mass is 16.6. The molecule has 0 bridgehead atoms. The molecule has 1 atom stereocenters. The van der Waals surface area contributed by atoms with Gasteiger partial charge in [-0.2, -0.15) is 9.78 Å². The number of nitro groups is 1. The predicted octanol–water partition coefficient (Wildman–Crippen LogP) is 3.16. The molecule has 27 heavy (non-hydrogen) atoms. The molecule has 0 saturated carbocycles. The number of allylic oxidation sites excluding steroid dienone is 4. The summed E-state index contributed by atoms with van der Waals surface area (Å²) in [7, 11) is 0. The summed E-state index contributed by atoms with van der Waals surface area (Å²) in [5.41, 5.74) is 0.693. The Balaban J connectivity index is 2.00. The largest absolute Gasteiger partial charge is 0.280 e. The quantitative estimate of drug-likeness (QED) is 0.528. The third kappa shape index (κ3) is 2.83. The fourth-order valence-corrected chi connectivity index (χ4v) is 3.36. The van der Waals surface area contributed by atoms with Crippen LogP contribution < -0.4 is 5.56 Å². The molecular weight excluding hydrogens is 344 g/mol. The Bertz CT molecular complexity index is 1160. The summed E-state index contributed by atoms with van der Waals surface area (Å²) in [6, 6.07) is 12.5. The molecule has 0 N–H and O–H groups in total.